The van der Waals surface area contributed by atoms with Crippen molar-refractivity contribution in [2.75, 3.05) is 6.61 Å². The minimum Gasteiger partial charge on any atom is -0.497 e. The van der Waals surface area contributed by atoms with Crippen LogP contribution in [0, 0.1) is 0 Å². The summed E-state index contributed by atoms with van der Waals surface area (Å²) in [5.74, 6) is 0. The summed E-state index contributed by atoms with van der Waals surface area (Å²) in [7, 11) is 0. The van der Waals surface area contributed by atoms with Crippen LogP contribution >= 0.6 is 0 Å². The van der Waals surface area contributed by atoms with Gasteiger partial charge in [0.05, 0.1) is 6.26 Å². The maximum atomic E-state index is 5.34. The van der Waals surface area contributed by atoms with Gasteiger partial charge < -0.3 is 4.74 Å². The smallest absolute Gasteiger partial charge is 0.109 e. The van der Waals surface area contributed by atoms with Crippen molar-refractivity contribution >= 4 is 0 Å². The first-order valence-electron chi connectivity index (χ1n) is 5.46. The Kier molecular flexibility index (Phi) is 3.07. The topological polar surface area (TPSA) is 9.23 Å². The van der Waals surface area contributed by atoms with Crippen molar-refractivity contribution in [1.82, 2.24) is 0 Å². The Balaban J connectivity index is 2.07. The fraction of sp³-hybridized carbons (Fsp3) is 0.667. The third-order valence-corrected chi connectivity index (χ3v) is 3.00. The van der Waals surface area contributed by atoms with Crippen LogP contribution in [0.1, 0.15) is 44.9 Å². The van der Waals surface area contributed by atoms with E-state index in [1.54, 1.807) is 11.1 Å². The Morgan fingerprint density at radius 1 is 0.923 bits per heavy atom. The molecule has 1 aliphatic carbocycles. The molecule has 2 aliphatic rings. The summed E-state index contributed by atoms with van der Waals surface area (Å²) >= 11 is 0. The summed E-state index contributed by atoms with van der Waals surface area (Å²) in [6, 6.07) is 0. The van der Waals surface area contributed by atoms with Crippen molar-refractivity contribution in [1.29, 1.82) is 0 Å². The second kappa shape index (κ2) is 4.50. The van der Waals surface area contributed by atoms with Gasteiger partial charge >= 0.3 is 0 Å². The van der Waals surface area contributed by atoms with Gasteiger partial charge in [-0.25, -0.2) is 0 Å². The summed E-state index contributed by atoms with van der Waals surface area (Å²) in [5, 5.41) is 0. The molecule has 0 fully saturated rings. The zero-order valence-electron chi connectivity index (χ0n) is 8.22. The molecule has 2 rings (SSSR count). The van der Waals surface area contributed by atoms with Gasteiger partial charge in [0.25, 0.3) is 0 Å². The predicted molar refractivity (Wildman–Crippen MR) is 54.4 cm³/mol. The van der Waals surface area contributed by atoms with E-state index in [4.69, 9.17) is 4.74 Å². The Hall–Kier alpha value is -0.720. The van der Waals surface area contributed by atoms with Gasteiger partial charge in [0, 0.05) is 0 Å². The Morgan fingerprint density at radius 2 is 1.69 bits per heavy atom. The van der Waals surface area contributed by atoms with Crippen molar-refractivity contribution in [3.05, 3.63) is 23.5 Å². The van der Waals surface area contributed by atoms with Crippen LogP contribution in [-0.4, -0.2) is 6.61 Å². The average Bonchev–Trinajstić information content (AvgIpc) is 2.28. The minimum absolute atomic E-state index is 0.853. The zero-order valence-corrected chi connectivity index (χ0v) is 8.22. The normalized spacial score (nSPS) is 24.0. The lowest BCUT2D eigenvalue weighted by Gasteiger charge is -2.15. The SMILES string of the molecule is C1=CC2=C(CCCCCCC2)CO1. The van der Waals surface area contributed by atoms with Crippen molar-refractivity contribution in [3.63, 3.8) is 0 Å². The second-order valence-electron chi connectivity index (χ2n) is 4.01. The minimum atomic E-state index is 0.853. The van der Waals surface area contributed by atoms with Gasteiger partial charge in [0.2, 0.25) is 0 Å². The monoisotopic (exact) mass is 178 g/mol. The van der Waals surface area contributed by atoms with E-state index in [9.17, 15) is 0 Å². The third kappa shape index (κ3) is 2.36. The van der Waals surface area contributed by atoms with Gasteiger partial charge in [0.1, 0.15) is 6.61 Å². The van der Waals surface area contributed by atoms with E-state index in [1.165, 1.54) is 44.9 Å². The maximum absolute atomic E-state index is 5.34. The molecule has 0 unspecified atom stereocenters. The van der Waals surface area contributed by atoms with Gasteiger partial charge in [-0.15, -0.1) is 0 Å². The second-order valence-corrected chi connectivity index (χ2v) is 4.01. The zero-order chi connectivity index (χ0) is 8.93. The van der Waals surface area contributed by atoms with E-state index >= 15 is 0 Å². The summed E-state index contributed by atoms with van der Waals surface area (Å²) < 4.78 is 5.34. The Bertz CT molecular complexity index is 225. The number of hydrogen-bond donors (Lipinski definition) is 0. The van der Waals surface area contributed by atoms with Crippen LogP contribution < -0.4 is 0 Å². The first-order chi connectivity index (χ1) is 6.47. The lowest BCUT2D eigenvalue weighted by molar-refractivity contribution is 0.269. The first-order valence-corrected chi connectivity index (χ1v) is 5.46. The summed E-state index contributed by atoms with van der Waals surface area (Å²) in [6.07, 6.45) is 13.5. The van der Waals surface area contributed by atoms with Crippen LogP contribution in [0.2, 0.25) is 0 Å². The molecule has 13 heavy (non-hydrogen) atoms. The highest BCUT2D eigenvalue weighted by Gasteiger charge is 2.10. The van der Waals surface area contributed by atoms with E-state index in [1.807, 2.05) is 6.26 Å². The molecule has 72 valence electrons. The molecular weight excluding hydrogens is 160 g/mol. The molecule has 0 bridgehead atoms. The average molecular weight is 178 g/mol. The molecule has 0 saturated heterocycles. The van der Waals surface area contributed by atoms with Gasteiger partial charge in [-0.3, -0.25) is 0 Å². The quantitative estimate of drug-likeness (QED) is 0.551. The molecule has 0 aromatic heterocycles. The number of allylic oxidation sites excluding steroid dienone is 2. The molecule has 0 spiro atoms. The fourth-order valence-electron chi connectivity index (χ4n) is 2.17. The lowest BCUT2D eigenvalue weighted by Crippen LogP contribution is -2.02. The molecule has 0 atom stereocenters. The molecule has 1 aliphatic heterocycles. The summed E-state index contributed by atoms with van der Waals surface area (Å²) in [6.45, 7) is 0.853. The standard InChI is InChI=1S/C12H18O/c1-2-4-6-11-8-9-13-10-12(11)7-5-3-1/h8-9H,1-7,10H2. The molecule has 0 radical (unpaired) electrons. The highest BCUT2D eigenvalue weighted by Crippen LogP contribution is 2.25. The molecule has 1 nitrogen and oxygen atoms in total. The molecule has 1 heteroatoms. The van der Waals surface area contributed by atoms with Crippen LogP contribution in [0.3, 0.4) is 0 Å². The van der Waals surface area contributed by atoms with Crippen LogP contribution in [0.5, 0.6) is 0 Å². The van der Waals surface area contributed by atoms with Gasteiger partial charge in [-0.1, -0.05) is 19.3 Å². The van der Waals surface area contributed by atoms with E-state index < -0.39 is 0 Å². The first kappa shape index (κ1) is 8.86. The van der Waals surface area contributed by atoms with E-state index in [0.29, 0.717) is 0 Å². The largest absolute Gasteiger partial charge is 0.497 e. The van der Waals surface area contributed by atoms with E-state index in [2.05, 4.69) is 6.08 Å². The lowest BCUT2D eigenvalue weighted by atomic mass is 9.99. The molecule has 0 amide bonds. The fourth-order valence-corrected chi connectivity index (χ4v) is 2.17. The van der Waals surface area contributed by atoms with E-state index in [0.717, 1.165) is 6.61 Å². The Labute approximate surface area is 80.5 Å². The third-order valence-electron chi connectivity index (χ3n) is 3.00. The highest BCUT2D eigenvalue weighted by atomic mass is 16.5. The van der Waals surface area contributed by atoms with Crippen LogP contribution in [0.15, 0.2) is 23.5 Å². The molecule has 1 heterocycles. The molecule has 0 aromatic rings. The molecule has 0 N–H and O–H groups in total. The summed E-state index contributed by atoms with van der Waals surface area (Å²) in [5.41, 5.74) is 3.12. The van der Waals surface area contributed by atoms with Crippen molar-refractivity contribution in [2.24, 2.45) is 0 Å². The van der Waals surface area contributed by atoms with Crippen molar-refractivity contribution in [3.8, 4) is 0 Å². The van der Waals surface area contributed by atoms with Crippen LogP contribution in [-0.2, 0) is 4.74 Å². The molecule has 0 saturated carbocycles. The van der Waals surface area contributed by atoms with Crippen LogP contribution in [0.4, 0.5) is 0 Å². The maximum Gasteiger partial charge on any atom is 0.109 e. The molecule has 0 aromatic carbocycles. The van der Waals surface area contributed by atoms with Crippen LogP contribution in [0.25, 0.3) is 0 Å². The molecular formula is C12H18O. The number of ether oxygens (including phenoxy) is 1. The number of hydrogen-bond acceptors (Lipinski definition) is 1. The van der Waals surface area contributed by atoms with Gasteiger partial charge in [-0.2, -0.15) is 0 Å². The predicted octanol–water partition coefficient (Wildman–Crippen LogP) is 3.57. The summed E-state index contributed by atoms with van der Waals surface area (Å²) in [4.78, 5) is 0. The van der Waals surface area contributed by atoms with Crippen molar-refractivity contribution < 1.29 is 4.74 Å². The Morgan fingerprint density at radius 3 is 2.62 bits per heavy atom. The number of rotatable bonds is 0. The van der Waals surface area contributed by atoms with Gasteiger partial charge in [-0.05, 0) is 42.9 Å². The van der Waals surface area contributed by atoms with E-state index in [-0.39, 0.29) is 0 Å². The van der Waals surface area contributed by atoms with Gasteiger partial charge in [0.15, 0.2) is 0 Å². The highest BCUT2D eigenvalue weighted by molar-refractivity contribution is 5.28. The van der Waals surface area contributed by atoms with Crippen molar-refractivity contribution in [2.45, 2.75) is 44.9 Å².